The number of unbranched alkanes of at least 4 members (excludes halogenated alkanes) is 48. The SMILES string of the molecule is CCCCCCCCCCCCCCCCCCCCCCCCCCCCCCCCCCCCCCC(=O)N[C@@H](COP(=O)(O)OCCN)[C@H](O)CCCCCCCCCCCCCCCC. The van der Waals surface area contributed by atoms with E-state index in [4.69, 9.17) is 14.8 Å². The summed E-state index contributed by atoms with van der Waals surface area (Å²) in [6.07, 6.45) is 67.6. The molecule has 0 saturated carbocycles. The molecule has 0 spiro atoms. The lowest BCUT2D eigenvalue weighted by molar-refractivity contribution is -0.123. The number of aliphatic hydroxyl groups is 1. The number of hydrogen-bond donors (Lipinski definition) is 4. The standard InChI is InChI=1S/C60H123N2O6P/c1-3-5-7-9-11-13-15-17-19-20-21-22-23-24-25-26-27-28-29-30-31-32-33-34-35-36-37-38-39-40-42-44-46-48-50-52-54-60(64)62-58(57-68-69(65,66)67-56-55-61)59(63)53-51-49-47-45-43-41-18-16-14-12-10-8-6-4-2/h58-59,63H,3-57,61H2,1-2H3,(H,62,64)(H,65,66)/t58-,59+/m0/s1. The van der Waals surface area contributed by atoms with Gasteiger partial charge in [0.15, 0.2) is 0 Å². The van der Waals surface area contributed by atoms with Crippen LogP contribution in [0.1, 0.15) is 348 Å². The minimum atomic E-state index is -4.32. The van der Waals surface area contributed by atoms with Crippen LogP contribution in [0.25, 0.3) is 0 Å². The zero-order valence-electron chi connectivity index (χ0n) is 46.6. The van der Waals surface area contributed by atoms with Crippen molar-refractivity contribution in [1.29, 1.82) is 0 Å². The van der Waals surface area contributed by atoms with Crippen LogP contribution in [0.15, 0.2) is 0 Å². The average Bonchev–Trinajstić information content (AvgIpc) is 3.34. The third-order valence-electron chi connectivity index (χ3n) is 14.7. The van der Waals surface area contributed by atoms with E-state index in [0.29, 0.717) is 12.8 Å². The lowest BCUT2D eigenvalue weighted by Gasteiger charge is -2.25. The maximum absolute atomic E-state index is 12.9. The van der Waals surface area contributed by atoms with E-state index < -0.39 is 20.0 Å². The molecule has 69 heavy (non-hydrogen) atoms. The zero-order valence-corrected chi connectivity index (χ0v) is 47.5. The summed E-state index contributed by atoms with van der Waals surface area (Å²) in [7, 11) is -4.32. The Bertz CT molecular complexity index is 1050. The highest BCUT2D eigenvalue weighted by molar-refractivity contribution is 7.47. The first kappa shape index (κ1) is 68.5. The molecule has 0 fully saturated rings. The first-order valence-electron chi connectivity index (χ1n) is 31.2. The van der Waals surface area contributed by atoms with Gasteiger partial charge in [0.1, 0.15) is 0 Å². The first-order chi connectivity index (χ1) is 33.9. The molecule has 0 aromatic rings. The van der Waals surface area contributed by atoms with Crippen LogP contribution in [0.2, 0.25) is 0 Å². The summed E-state index contributed by atoms with van der Waals surface area (Å²) in [5, 5.41) is 13.9. The fourth-order valence-corrected chi connectivity index (χ4v) is 10.8. The van der Waals surface area contributed by atoms with Gasteiger partial charge in [0.25, 0.3) is 0 Å². The third-order valence-corrected chi connectivity index (χ3v) is 15.7. The number of carbonyl (C=O) groups is 1. The Morgan fingerprint density at radius 3 is 0.928 bits per heavy atom. The molecule has 0 radical (unpaired) electrons. The van der Waals surface area contributed by atoms with E-state index in [1.165, 1.54) is 283 Å². The Morgan fingerprint density at radius 1 is 0.420 bits per heavy atom. The number of hydrogen-bond acceptors (Lipinski definition) is 6. The topological polar surface area (TPSA) is 131 Å². The molecule has 1 unspecified atom stereocenters. The van der Waals surface area contributed by atoms with Gasteiger partial charge in [0, 0.05) is 13.0 Å². The van der Waals surface area contributed by atoms with Crippen molar-refractivity contribution in [3.05, 3.63) is 0 Å². The Labute approximate surface area is 431 Å². The molecule has 8 nitrogen and oxygen atoms in total. The Balaban J connectivity index is 3.72. The Hall–Kier alpha value is -0.500. The summed E-state index contributed by atoms with van der Waals surface area (Å²) < 4.78 is 22.3. The van der Waals surface area contributed by atoms with Gasteiger partial charge < -0.3 is 21.1 Å². The number of phosphoric acid groups is 1. The molecular weight excluding hydrogens is 876 g/mol. The summed E-state index contributed by atoms with van der Waals surface area (Å²) in [5.74, 6) is -0.152. The molecule has 0 bridgehead atoms. The van der Waals surface area contributed by atoms with Gasteiger partial charge in [-0.2, -0.15) is 0 Å². The molecule has 3 atom stereocenters. The van der Waals surface area contributed by atoms with Crippen molar-refractivity contribution in [3.8, 4) is 0 Å². The van der Waals surface area contributed by atoms with Crippen molar-refractivity contribution in [1.82, 2.24) is 5.32 Å². The lowest BCUT2D eigenvalue weighted by atomic mass is 10.0. The summed E-state index contributed by atoms with van der Waals surface area (Å²) in [6, 6.07) is -0.769. The van der Waals surface area contributed by atoms with Gasteiger partial charge >= 0.3 is 7.82 Å². The van der Waals surface area contributed by atoms with Crippen molar-refractivity contribution < 1.29 is 28.4 Å². The smallest absolute Gasteiger partial charge is 0.391 e. The highest BCUT2D eigenvalue weighted by Crippen LogP contribution is 2.43. The van der Waals surface area contributed by atoms with Crippen LogP contribution in [0.3, 0.4) is 0 Å². The molecular formula is C60H123N2O6P. The normalized spacial score (nSPS) is 13.5. The molecule has 0 aromatic carbocycles. The maximum Gasteiger partial charge on any atom is 0.472 e. The molecule has 0 aliphatic heterocycles. The predicted molar refractivity (Wildman–Crippen MR) is 300 cm³/mol. The van der Waals surface area contributed by atoms with Crippen molar-refractivity contribution in [2.24, 2.45) is 5.73 Å². The number of nitrogens with one attached hydrogen (secondary N) is 1. The van der Waals surface area contributed by atoms with E-state index in [-0.39, 0.29) is 25.7 Å². The molecule has 9 heteroatoms. The number of carbonyl (C=O) groups excluding carboxylic acids is 1. The zero-order chi connectivity index (χ0) is 50.2. The predicted octanol–water partition coefficient (Wildman–Crippen LogP) is 19.2. The van der Waals surface area contributed by atoms with Gasteiger partial charge in [-0.15, -0.1) is 0 Å². The fourth-order valence-electron chi connectivity index (χ4n) is 10.0. The highest BCUT2D eigenvalue weighted by Gasteiger charge is 2.27. The molecule has 414 valence electrons. The largest absolute Gasteiger partial charge is 0.472 e. The van der Waals surface area contributed by atoms with Crippen LogP contribution in [-0.2, 0) is 18.4 Å². The average molecular weight is 1000 g/mol. The summed E-state index contributed by atoms with van der Waals surface area (Å²) >= 11 is 0. The van der Waals surface area contributed by atoms with Crippen molar-refractivity contribution in [2.45, 2.75) is 360 Å². The molecule has 0 aliphatic rings. The van der Waals surface area contributed by atoms with Crippen LogP contribution in [0, 0.1) is 0 Å². The van der Waals surface area contributed by atoms with E-state index in [2.05, 4.69) is 19.2 Å². The molecule has 5 N–H and O–H groups in total. The quantitative estimate of drug-likeness (QED) is 0.0352. The maximum atomic E-state index is 12.9. The number of amides is 1. The van der Waals surface area contributed by atoms with Gasteiger partial charge in [-0.1, -0.05) is 328 Å². The Kier molecular flexibility index (Phi) is 56.4. The van der Waals surface area contributed by atoms with Crippen LogP contribution < -0.4 is 11.1 Å². The number of nitrogens with two attached hydrogens (primary N) is 1. The molecule has 0 rings (SSSR count). The Morgan fingerprint density at radius 2 is 0.667 bits per heavy atom. The summed E-state index contributed by atoms with van der Waals surface area (Å²) in [5.41, 5.74) is 5.41. The molecule has 0 aromatic heterocycles. The number of phosphoric ester groups is 1. The lowest BCUT2D eigenvalue weighted by Crippen LogP contribution is -2.46. The van der Waals surface area contributed by atoms with Gasteiger partial charge in [-0.05, 0) is 12.8 Å². The van der Waals surface area contributed by atoms with Gasteiger partial charge in [-0.3, -0.25) is 13.8 Å². The fraction of sp³-hybridized carbons (Fsp3) is 0.983. The second-order valence-electron chi connectivity index (χ2n) is 21.6. The van der Waals surface area contributed by atoms with E-state index in [9.17, 15) is 19.4 Å². The van der Waals surface area contributed by atoms with Crippen LogP contribution in [0.5, 0.6) is 0 Å². The molecule has 0 aliphatic carbocycles. The summed E-state index contributed by atoms with van der Waals surface area (Å²) in [4.78, 5) is 22.9. The third kappa shape index (κ3) is 55.1. The monoisotopic (exact) mass is 999 g/mol. The second kappa shape index (κ2) is 56.8. The minimum absolute atomic E-state index is 0.0929. The van der Waals surface area contributed by atoms with Crippen molar-refractivity contribution in [2.75, 3.05) is 19.8 Å². The van der Waals surface area contributed by atoms with E-state index in [0.717, 1.165) is 38.5 Å². The van der Waals surface area contributed by atoms with E-state index in [1.807, 2.05) is 0 Å². The highest BCUT2D eigenvalue weighted by atomic mass is 31.2. The number of rotatable bonds is 60. The van der Waals surface area contributed by atoms with Gasteiger partial charge in [0.05, 0.1) is 25.4 Å². The van der Waals surface area contributed by atoms with E-state index >= 15 is 0 Å². The van der Waals surface area contributed by atoms with Crippen molar-refractivity contribution in [3.63, 3.8) is 0 Å². The molecule has 1 amide bonds. The molecule has 0 saturated heterocycles. The van der Waals surface area contributed by atoms with Gasteiger partial charge in [0.2, 0.25) is 5.91 Å². The number of aliphatic hydroxyl groups excluding tert-OH is 1. The second-order valence-corrected chi connectivity index (χ2v) is 23.1. The summed E-state index contributed by atoms with van der Waals surface area (Å²) in [6.45, 7) is 4.27. The van der Waals surface area contributed by atoms with Crippen molar-refractivity contribution >= 4 is 13.7 Å². The van der Waals surface area contributed by atoms with E-state index in [1.54, 1.807) is 0 Å². The van der Waals surface area contributed by atoms with Crippen LogP contribution in [0.4, 0.5) is 0 Å². The van der Waals surface area contributed by atoms with Crippen LogP contribution >= 0.6 is 7.82 Å². The first-order valence-corrected chi connectivity index (χ1v) is 32.6. The van der Waals surface area contributed by atoms with Gasteiger partial charge in [-0.25, -0.2) is 4.57 Å². The minimum Gasteiger partial charge on any atom is -0.391 e. The molecule has 0 heterocycles. The van der Waals surface area contributed by atoms with Crippen LogP contribution in [-0.4, -0.2) is 47.8 Å².